The van der Waals surface area contributed by atoms with E-state index in [0.29, 0.717) is 19.8 Å². The third-order valence-corrected chi connectivity index (χ3v) is 4.18. The van der Waals surface area contributed by atoms with E-state index in [1.54, 1.807) is 32.0 Å². The summed E-state index contributed by atoms with van der Waals surface area (Å²) >= 11 is 1.68. The van der Waals surface area contributed by atoms with Crippen LogP contribution in [-0.4, -0.2) is 52.7 Å². The summed E-state index contributed by atoms with van der Waals surface area (Å²) in [5.74, 6) is 1.35. The molecule has 0 aliphatic heterocycles. The van der Waals surface area contributed by atoms with Crippen LogP contribution in [0.5, 0.6) is 0 Å². The number of hydrogen-bond acceptors (Lipinski definition) is 4. The minimum absolute atomic E-state index is 0. The lowest BCUT2D eigenvalue weighted by Crippen LogP contribution is -2.37. The van der Waals surface area contributed by atoms with E-state index in [1.165, 1.54) is 6.07 Å². The van der Waals surface area contributed by atoms with Crippen LogP contribution in [0.1, 0.15) is 24.0 Å². The second kappa shape index (κ2) is 16.6. The monoisotopic (exact) mass is 499 g/mol. The number of thioether (sulfide) groups is 1. The maximum absolute atomic E-state index is 13.4. The second-order valence-electron chi connectivity index (χ2n) is 5.51. The Bertz CT molecular complexity index is 521. The molecule has 0 bridgehead atoms. The van der Waals surface area contributed by atoms with Crippen molar-refractivity contribution in [3.05, 3.63) is 35.1 Å². The zero-order chi connectivity index (χ0) is 18.3. The highest BCUT2D eigenvalue weighted by atomic mass is 127. The van der Waals surface area contributed by atoms with E-state index in [9.17, 15) is 4.39 Å². The molecular weight excluding hydrogens is 468 g/mol. The molecule has 0 amide bonds. The number of ether oxygens (including phenoxy) is 2. The van der Waals surface area contributed by atoms with Gasteiger partial charge in [0.25, 0.3) is 0 Å². The number of guanidine groups is 1. The molecular formula is C18H31FIN3O2S. The summed E-state index contributed by atoms with van der Waals surface area (Å²) in [5.41, 5.74) is 2.11. The number of nitrogens with one attached hydrogen (secondary N) is 2. The minimum Gasteiger partial charge on any atom is -0.382 e. The predicted octanol–water partition coefficient (Wildman–Crippen LogP) is 3.41. The topological polar surface area (TPSA) is 54.9 Å². The zero-order valence-corrected chi connectivity index (χ0v) is 19.0. The standard InChI is InChI=1S/C18H30FN3O2S.HI/c1-20-18(21-8-4-5-9-24-11-10-23-2)22-13-15-6-7-17(19)12-16(15)14-25-3;/h6-7,12H,4-5,8-11,13-14H2,1-3H3,(H2,20,21,22);1H. The van der Waals surface area contributed by atoms with Crippen molar-refractivity contribution < 1.29 is 13.9 Å². The Kier molecular flexibility index (Phi) is 16.2. The van der Waals surface area contributed by atoms with Crippen molar-refractivity contribution in [3.8, 4) is 0 Å². The first kappa shape index (κ1) is 25.4. The molecule has 1 aromatic rings. The number of benzene rings is 1. The van der Waals surface area contributed by atoms with Crippen LogP contribution >= 0.6 is 35.7 Å². The highest BCUT2D eigenvalue weighted by Crippen LogP contribution is 2.16. The van der Waals surface area contributed by atoms with Crippen LogP contribution in [0.25, 0.3) is 0 Å². The fraction of sp³-hybridized carbons (Fsp3) is 0.611. The molecule has 0 saturated heterocycles. The smallest absolute Gasteiger partial charge is 0.191 e. The Hall–Kier alpha value is -0.580. The molecule has 0 saturated carbocycles. The largest absolute Gasteiger partial charge is 0.382 e. The summed E-state index contributed by atoms with van der Waals surface area (Å²) in [5, 5.41) is 6.57. The molecule has 2 N–H and O–H groups in total. The number of hydrogen-bond donors (Lipinski definition) is 2. The van der Waals surface area contributed by atoms with Crippen molar-refractivity contribution >= 4 is 41.7 Å². The van der Waals surface area contributed by atoms with Crippen molar-refractivity contribution in [2.24, 2.45) is 4.99 Å². The summed E-state index contributed by atoms with van der Waals surface area (Å²) in [4.78, 5) is 4.22. The normalized spacial score (nSPS) is 11.2. The van der Waals surface area contributed by atoms with E-state index in [4.69, 9.17) is 9.47 Å². The molecule has 5 nitrogen and oxygen atoms in total. The van der Waals surface area contributed by atoms with E-state index in [1.807, 2.05) is 12.3 Å². The molecule has 0 unspecified atom stereocenters. The van der Waals surface area contributed by atoms with Crippen LogP contribution in [0.2, 0.25) is 0 Å². The Morgan fingerprint density at radius 1 is 1.15 bits per heavy atom. The maximum atomic E-state index is 13.4. The molecule has 1 aromatic carbocycles. The van der Waals surface area contributed by atoms with Gasteiger partial charge in [-0.15, -0.1) is 24.0 Å². The first-order valence-electron chi connectivity index (χ1n) is 8.48. The Balaban J connectivity index is 0.00000625. The van der Waals surface area contributed by atoms with Gasteiger partial charge < -0.3 is 20.1 Å². The maximum Gasteiger partial charge on any atom is 0.191 e. The molecule has 1 rings (SSSR count). The van der Waals surface area contributed by atoms with Crippen molar-refractivity contribution in [1.29, 1.82) is 0 Å². The summed E-state index contributed by atoms with van der Waals surface area (Å²) in [6.45, 7) is 3.47. The molecule has 0 aliphatic carbocycles. The van der Waals surface area contributed by atoms with E-state index >= 15 is 0 Å². The predicted molar refractivity (Wildman–Crippen MR) is 119 cm³/mol. The Morgan fingerprint density at radius 2 is 1.96 bits per heavy atom. The van der Waals surface area contributed by atoms with Gasteiger partial charge in [0.05, 0.1) is 13.2 Å². The van der Waals surface area contributed by atoms with Crippen molar-refractivity contribution in [2.45, 2.75) is 25.1 Å². The van der Waals surface area contributed by atoms with Crippen LogP contribution < -0.4 is 10.6 Å². The lowest BCUT2D eigenvalue weighted by molar-refractivity contribution is 0.0689. The van der Waals surface area contributed by atoms with Crippen molar-refractivity contribution in [3.63, 3.8) is 0 Å². The summed E-state index contributed by atoms with van der Waals surface area (Å²) < 4.78 is 23.7. The van der Waals surface area contributed by atoms with Crippen LogP contribution in [0, 0.1) is 5.82 Å². The number of unbranched alkanes of at least 4 members (excludes halogenated alkanes) is 1. The fourth-order valence-corrected chi connectivity index (χ4v) is 2.82. The molecule has 0 fully saturated rings. The average Bonchev–Trinajstić information content (AvgIpc) is 2.61. The second-order valence-corrected chi connectivity index (χ2v) is 6.38. The fourth-order valence-electron chi connectivity index (χ4n) is 2.24. The van der Waals surface area contributed by atoms with Gasteiger partial charge in [-0.3, -0.25) is 4.99 Å². The number of methoxy groups -OCH3 is 1. The van der Waals surface area contributed by atoms with E-state index in [2.05, 4.69) is 15.6 Å². The highest BCUT2D eigenvalue weighted by molar-refractivity contribution is 14.0. The van der Waals surface area contributed by atoms with Crippen LogP contribution in [0.4, 0.5) is 4.39 Å². The zero-order valence-electron chi connectivity index (χ0n) is 15.8. The van der Waals surface area contributed by atoms with Gasteiger partial charge in [-0.25, -0.2) is 4.39 Å². The van der Waals surface area contributed by atoms with Crippen LogP contribution in [0.15, 0.2) is 23.2 Å². The highest BCUT2D eigenvalue weighted by Gasteiger charge is 2.05. The quantitative estimate of drug-likeness (QED) is 0.200. The van der Waals surface area contributed by atoms with Gasteiger partial charge in [0.2, 0.25) is 0 Å². The van der Waals surface area contributed by atoms with Gasteiger partial charge in [-0.05, 0) is 42.4 Å². The van der Waals surface area contributed by atoms with E-state index in [-0.39, 0.29) is 29.8 Å². The van der Waals surface area contributed by atoms with E-state index in [0.717, 1.165) is 48.8 Å². The van der Waals surface area contributed by atoms with Gasteiger partial charge in [0.1, 0.15) is 5.82 Å². The van der Waals surface area contributed by atoms with Crippen molar-refractivity contribution in [1.82, 2.24) is 10.6 Å². The minimum atomic E-state index is -0.192. The molecule has 0 aliphatic rings. The van der Waals surface area contributed by atoms with Crippen molar-refractivity contribution in [2.75, 3.05) is 46.8 Å². The molecule has 8 heteroatoms. The first-order chi connectivity index (χ1) is 12.2. The molecule has 0 radical (unpaired) electrons. The van der Waals surface area contributed by atoms with Crippen LogP contribution in [-0.2, 0) is 21.8 Å². The molecule has 0 heterocycles. The lowest BCUT2D eigenvalue weighted by Gasteiger charge is -2.14. The SMILES string of the molecule is CN=C(NCCCCOCCOC)NCc1ccc(F)cc1CSC.I. The van der Waals surface area contributed by atoms with Gasteiger partial charge in [-0.1, -0.05) is 6.07 Å². The molecule has 26 heavy (non-hydrogen) atoms. The Morgan fingerprint density at radius 3 is 2.65 bits per heavy atom. The Labute approximate surface area is 177 Å². The molecule has 0 spiro atoms. The third-order valence-electron chi connectivity index (χ3n) is 3.58. The van der Waals surface area contributed by atoms with Gasteiger partial charge in [-0.2, -0.15) is 11.8 Å². The van der Waals surface area contributed by atoms with Gasteiger partial charge in [0.15, 0.2) is 5.96 Å². The van der Waals surface area contributed by atoms with Gasteiger partial charge >= 0.3 is 0 Å². The van der Waals surface area contributed by atoms with Gasteiger partial charge in [0, 0.05) is 39.6 Å². The number of rotatable bonds is 12. The summed E-state index contributed by atoms with van der Waals surface area (Å²) in [6.07, 6.45) is 4.01. The first-order valence-corrected chi connectivity index (χ1v) is 9.88. The number of halogens is 2. The molecule has 0 aromatic heterocycles. The summed E-state index contributed by atoms with van der Waals surface area (Å²) in [6, 6.07) is 4.94. The van der Waals surface area contributed by atoms with E-state index < -0.39 is 0 Å². The molecule has 0 atom stereocenters. The van der Waals surface area contributed by atoms with Crippen LogP contribution in [0.3, 0.4) is 0 Å². The number of nitrogens with zero attached hydrogens (tertiary/aromatic N) is 1. The lowest BCUT2D eigenvalue weighted by atomic mass is 10.1. The summed E-state index contributed by atoms with van der Waals surface area (Å²) in [7, 11) is 3.42. The third kappa shape index (κ3) is 11.2. The number of aliphatic imine (C=N–C) groups is 1. The average molecular weight is 499 g/mol. The molecule has 150 valence electrons.